The second-order valence-electron chi connectivity index (χ2n) is 6.59. The zero-order valence-corrected chi connectivity index (χ0v) is 14.7. The van der Waals surface area contributed by atoms with E-state index in [1.807, 2.05) is 0 Å². The lowest BCUT2D eigenvalue weighted by atomic mass is 9.84. The summed E-state index contributed by atoms with van der Waals surface area (Å²) >= 11 is 0. The van der Waals surface area contributed by atoms with Gasteiger partial charge in [0.15, 0.2) is 12.0 Å². The topological polar surface area (TPSA) is 95.7 Å². The normalized spacial score (nSPS) is 24.3. The van der Waals surface area contributed by atoms with Crippen LogP contribution in [0.25, 0.3) is 11.1 Å². The molecule has 3 fully saturated rings. The third-order valence-corrected chi connectivity index (χ3v) is 4.87. The number of amides is 1. The summed E-state index contributed by atoms with van der Waals surface area (Å²) in [6.07, 6.45) is 6.36. The van der Waals surface area contributed by atoms with Gasteiger partial charge < -0.3 is 19.7 Å². The minimum absolute atomic E-state index is 0.00588. The summed E-state index contributed by atoms with van der Waals surface area (Å²) in [6.45, 7) is 5.01. The Bertz CT molecular complexity index is 806. The predicted molar refractivity (Wildman–Crippen MR) is 96.9 cm³/mol. The van der Waals surface area contributed by atoms with Crippen LogP contribution < -0.4 is 5.32 Å². The number of carboxylic acid groups (broad SMARTS) is 1. The van der Waals surface area contributed by atoms with Crippen molar-refractivity contribution in [1.82, 2.24) is 15.2 Å². The lowest BCUT2D eigenvalue weighted by molar-refractivity contribution is -0.131. The Hall–Kier alpha value is -2.67. The van der Waals surface area contributed by atoms with E-state index < -0.39 is 5.97 Å². The van der Waals surface area contributed by atoms with E-state index in [-0.39, 0.29) is 11.9 Å². The minimum atomic E-state index is -0.891. The van der Waals surface area contributed by atoms with Crippen LogP contribution in [0.1, 0.15) is 30.1 Å². The molecule has 1 aromatic carbocycles. The number of nitrogens with zero attached hydrogens (tertiary/aromatic N) is 2. The first-order valence-electron chi connectivity index (χ1n) is 8.79. The van der Waals surface area contributed by atoms with E-state index in [0.717, 1.165) is 18.1 Å². The standard InChI is InChI=1S/C15H17N3O2.C4H6O2/c19-15(11-1-2-14-12(7-11)16-9-20-14)17-13-8-18-5-3-10(13)4-6-18;1-2-3-4(5)6/h1-2,7,9-10,13H,3-6,8H2,(H,17,19);2-3H,1H3,(H,5,6)/b;3-2+/t13-;/m0./s1. The highest BCUT2D eigenvalue weighted by Crippen LogP contribution is 2.27. The molecule has 1 atom stereocenters. The summed E-state index contributed by atoms with van der Waals surface area (Å²) in [5.41, 5.74) is 2.10. The largest absolute Gasteiger partial charge is 0.478 e. The summed E-state index contributed by atoms with van der Waals surface area (Å²) in [7, 11) is 0. The van der Waals surface area contributed by atoms with Gasteiger partial charge in [-0.3, -0.25) is 4.79 Å². The summed E-state index contributed by atoms with van der Waals surface area (Å²) in [4.78, 5) is 28.4. The number of hydrogen-bond acceptors (Lipinski definition) is 5. The Labute approximate surface area is 151 Å². The molecule has 2 N–H and O–H groups in total. The molecule has 7 heteroatoms. The molecule has 3 aliphatic heterocycles. The molecule has 26 heavy (non-hydrogen) atoms. The van der Waals surface area contributed by atoms with Crippen molar-refractivity contribution >= 4 is 23.0 Å². The number of allylic oxidation sites excluding steroid dienone is 1. The van der Waals surface area contributed by atoms with Crippen molar-refractivity contribution in [3.63, 3.8) is 0 Å². The monoisotopic (exact) mass is 357 g/mol. The summed E-state index contributed by atoms with van der Waals surface area (Å²) in [5, 5.41) is 11.0. The van der Waals surface area contributed by atoms with Gasteiger partial charge in [-0.2, -0.15) is 0 Å². The first-order chi connectivity index (χ1) is 12.6. The molecule has 0 radical (unpaired) electrons. The number of nitrogens with one attached hydrogen (secondary N) is 1. The molecular formula is C19H23N3O4. The van der Waals surface area contributed by atoms with Crippen molar-refractivity contribution in [2.24, 2.45) is 5.92 Å². The molecule has 2 bridgehead atoms. The first kappa shape index (κ1) is 18.1. The molecular weight excluding hydrogens is 334 g/mol. The number of benzene rings is 1. The van der Waals surface area contributed by atoms with Crippen molar-refractivity contribution in [2.45, 2.75) is 25.8 Å². The van der Waals surface area contributed by atoms with E-state index in [4.69, 9.17) is 9.52 Å². The van der Waals surface area contributed by atoms with Crippen molar-refractivity contribution in [3.05, 3.63) is 42.3 Å². The number of carbonyl (C=O) groups excluding carboxylic acids is 1. The molecule has 3 aliphatic rings. The highest BCUT2D eigenvalue weighted by atomic mass is 16.4. The van der Waals surface area contributed by atoms with Gasteiger partial charge in [-0.1, -0.05) is 6.08 Å². The number of oxazole rings is 1. The highest BCUT2D eigenvalue weighted by Gasteiger charge is 2.34. The summed E-state index contributed by atoms with van der Waals surface area (Å²) in [6, 6.07) is 5.67. The van der Waals surface area contributed by atoms with E-state index in [1.165, 1.54) is 38.4 Å². The molecule has 7 nitrogen and oxygen atoms in total. The lowest BCUT2D eigenvalue weighted by Gasteiger charge is -2.44. The fourth-order valence-electron chi connectivity index (χ4n) is 3.52. The van der Waals surface area contributed by atoms with E-state index >= 15 is 0 Å². The van der Waals surface area contributed by atoms with Gasteiger partial charge in [-0.05, 0) is 57.0 Å². The number of rotatable bonds is 3. The quantitative estimate of drug-likeness (QED) is 0.819. The molecule has 0 aliphatic carbocycles. The van der Waals surface area contributed by atoms with Crippen LogP contribution in [-0.4, -0.2) is 52.5 Å². The van der Waals surface area contributed by atoms with Crippen LogP contribution >= 0.6 is 0 Å². The molecule has 3 saturated heterocycles. The van der Waals surface area contributed by atoms with Crippen LogP contribution in [0.2, 0.25) is 0 Å². The van der Waals surface area contributed by atoms with Crippen LogP contribution in [-0.2, 0) is 4.79 Å². The Balaban J connectivity index is 0.000000286. The SMILES string of the molecule is C/C=C/C(=O)O.O=C(N[C@H]1CN2CCC1CC2)c1ccc2ocnc2c1. The molecule has 1 amide bonds. The molecule has 2 aromatic rings. The molecule has 0 spiro atoms. The highest BCUT2D eigenvalue weighted by molar-refractivity contribution is 5.97. The van der Waals surface area contributed by atoms with Crippen LogP contribution in [0.3, 0.4) is 0 Å². The Morgan fingerprint density at radius 1 is 1.35 bits per heavy atom. The first-order valence-corrected chi connectivity index (χ1v) is 8.79. The van der Waals surface area contributed by atoms with Crippen molar-refractivity contribution in [1.29, 1.82) is 0 Å². The maximum absolute atomic E-state index is 12.4. The maximum atomic E-state index is 12.4. The van der Waals surface area contributed by atoms with Gasteiger partial charge in [0.2, 0.25) is 0 Å². The van der Waals surface area contributed by atoms with E-state index in [2.05, 4.69) is 15.2 Å². The van der Waals surface area contributed by atoms with E-state index in [1.54, 1.807) is 25.1 Å². The zero-order valence-electron chi connectivity index (χ0n) is 14.7. The van der Waals surface area contributed by atoms with Crippen LogP contribution in [0.15, 0.2) is 41.2 Å². The van der Waals surface area contributed by atoms with Gasteiger partial charge in [0.1, 0.15) is 5.52 Å². The van der Waals surface area contributed by atoms with Gasteiger partial charge in [0, 0.05) is 24.2 Å². The Morgan fingerprint density at radius 2 is 2.12 bits per heavy atom. The van der Waals surface area contributed by atoms with Crippen molar-refractivity contribution in [3.8, 4) is 0 Å². The van der Waals surface area contributed by atoms with Gasteiger partial charge >= 0.3 is 5.97 Å². The van der Waals surface area contributed by atoms with Gasteiger partial charge in [-0.25, -0.2) is 9.78 Å². The van der Waals surface area contributed by atoms with Crippen molar-refractivity contribution in [2.75, 3.05) is 19.6 Å². The number of piperidine rings is 3. The molecule has 1 aromatic heterocycles. The number of aromatic nitrogens is 1. The molecule has 0 saturated carbocycles. The average Bonchev–Trinajstić information content (AvgIpc) is 3.11. The minimum Gasteiger partial charge on any atom is -0.478 e. The second-order valence-corrected chi connectivity index (χ2v) is 6.59. The summed E-state index contributed by atoms with van der Waals surface area (Å²) < 4.78 is 5.19. The summed E-state index contributed by atoms with van der Waals surface area (Å²) in [5.74, 6) is -0.258. The average molecular weight is 357 g/mol. The van der Waals surface area contributed by atoms with Gasteiger partial charge in [-0.15, -0.1) is 0 Å². The number of hydrogen-bond donors (Lipinski definition) is 2. The molecule has 5 rings (SSSR count). The third-order valence-electron chi connectivity index (χ3n) is 4.87. The van der Waals surface area contributed by atoms with Crippen LogP contribution in [0, 0.1) is 5.92 Å². The van der Waals surface area contributed by atoms with E-state index in [9.17, 15) is 9.59 Å². The molecule has 138 valence electrons. The number of carbonyl (C=O) groups is 2. The number of carboxylic acids is 1. The van der Waals surface area contributed by atoms with Gasteiger partial charge in [0.25, 0.3) is 5.91 Å². The zero-order chi connectivity index (χ0) is 18.5. The maximum Gasteiger partial charge on any atom is 0.327 e. The van der Waals surface area contributed by atoms with E-state index in [0.29, 0.717) is 17.1 Å². The number of aliphatic carboxylic acids is 1. The molecule has 0 unspecified atom stereocenters. The second kappa shape index (κ2) is 8.14. The fraction of sp³-hybridized carbons (Fsp3) is 0.421. The third kappa shape index (κ3) is 4.29. The van der Waals surface area contributed by atoms with Gasteiger partial charge in [0.05, 0.1) is 0 Å². The molecule has 4 heterocycles. The number of fused-ring (bicyclic) bond motifs is 4. The lowest BCUT2D eigenvalue weighted by Crippen LogP contribution is -2.57. The Kier molecular flexibility index (Phi) is 5.68. The smallest absolute Gasteiger partial charge is 0.327 e. The fourth-order valence-corrected chi connectivity index (χ4v) is 3.52. The van der Waals surface area contributed by atoms with Crippen molar-refractivity contribution < 1.29 is 19.1 Å². The van der Waals surface area contributed by atoms with Crippen LogP contribution in [0.4, 0.5) is 0 Å². The van der Waals surface area contributed by atoms with Crippen LogP contribution in [0.5, 0.6) is 0 Å². The predicted octanol–water partition coefficient (Wildman–Crippen LogP) is 2.30. The Morgan fingerprint density at radius 3 is 2.69 bits per heavy atom.